The lowest BCUT2D eigenvalue weighted by molar-refractivity contribution is -0.119. The van der Waals surface area contributed by atoms with Crippen molar-refractivity contribution in [3.8, 4) is 5.75 Å². The molecule has 0 saturated carbocycles. The van der Waals surface area contributed by atoms with E-state index >= 15 is 0 Å². The molecule has 0 spiro atoms. The Kier molecular flexibility index (Phi) is 4.06. The first-order chi connectivity index (χ1) is 8.75. The molecule has 0 bridgehead atoms. The van der Waals surface area contributed by atoms with Crippen LogP contribution in [0.1, 0.15) is 12.2 Å². The van der Waals surface area contributed by atoms with E-state index in [4.69, 9.17) is 4.74 Å². The Balaban J connectivity index is 1.74. The summed E-state index contributed by atoms with van der Waals surface area (Å²) in [5.74, 6) is 1.56. The predicted molar refractivity (Wildman–Crippen MR) is 66.3 cm³/mol. The highest BCUT2D eigenvalue weighted by molar-refractivity contribution is 5.80. The number of carbonyl (C=O) groups excluding carboxylic acids is 1. The number of carbonyl (C=O) groups is 1. The van der Waals surface area contributed by atoms with Crippen molar-refractivity contribution in [3.05, 3.63) is 42.5 Å². The minimum atomic E-state index is 0.0991. The van der Waals surface area contributed by atoms with E-state index < -0.39 is 0 Å². The minimum Gasteiger partial charge on any atom is -0.493 e. The molecule has 94 valence electrons. The molecule has 1 aromatic heterocycles. The second kappa shape index (κ2) is 5.95. The van der Waals surface area contributed by atoms with E-state index in [1.54, 1.807) is 11.7 Å². The van der Waals surface area contributed by atoms with Crippen LogP contribution in [0.2, 0.25) is 0 Å². The van der Waals surface area contributed by atoms with Crippen LogP contribution in [0.15, 0.2) is 36.7 Å². The number of rotatable bonds is 6. The highest BCUT2D eigenvalue weighted by Crippen LogP contribution is 2.08. The molecule has 0 amide bonds. The number of ketones is 1. The Morgan fingerprint density at radius 1 is 1.33 bits per heavy atom. The second-order valence-corrected chi connectivity index (χ2v) is 3.93. The molecule has 2 rings (SSSR count). The lowest BCUT2D eigenvalue weighted by atomic mass is 10.2. The molecule has 5 heteroatoms. The molecule has 1 heterocycles. The maximum atomic E-state index is 11.7. The summed E-state index contributed by atoms with van der Waals surface area (Å²) in [6, 6.07) is 9.46. The van der Waals surface area contributed by atoms with E-state index in [1.165, 1.54) is 6.33 Å². The van der Waals surface area contributed by atoms with Gasteiger partial charge in [-0.05, 0) is 12.1 Å². The zero-order valence-corrected chi connectivity index (χ0v) is 10.2. The molecule has 0 radical (unpaired) electrons. The van der Waals surface area contributed by atoms with Gasteiger partial charge in [0, 0.05) is 13.5 Å². The molecule has 0 N–H and O–H groups in total. The van der Waals surface area contributed by atoms with Crippen molar-refractivity contribution < 1.29 is 9.53 Å². The van der Waals surface area contributed by atoms with Crippen LogP contribution in [0.25, 0.3) is 0 Å². The Bertz CT molecular complexity index is 508. The van der Waals surface area contributed by atoms with E-state index in [1.807, 2.05) is 30.3 Å². The van der Waals surface area contributed by atoms with Crippen LogP contribution in [0.3, 0.4) is 0 Å². The number of hydrogen-bond acceptors (Lipinski definition) is 4. The Labute approximate surface area is 105 Å². The minimum absolute atomic E-state index is 0.0991. The van der Waals surface area contributed by atoms with Crippen molar-refractivity contribution in [1.82, 2.24) is 14.8 Å². The van der Waals surface area contributed by atoms with Gasteiger partial charge < -0.3 is 4.74 Å². The zero-order valence-electron chi connectivity index (χ0n) is 10.2. The summed E-state index contributed by atoms with van der Waals surface area (Å²) in [5, 5.41) is 3.92. The van der Waals surface area contributed by atoms with Gasteiger partial charge >= 0.3 is 0 Å². The van der Waals surface area contributed by atoms with Crippen LogP contribution in [0.5, 0.6) is 5.75 Å². The lowest BCUT2D eigenvalue weighted by Gasteiger charge is -2.05. The van der Waals surface area contributed by atoms with E-state index in [0.29, 0.717) is 25.3 Å². The molecule has 0 aliphatic rings. The molecule has 0 unspecified atom stereocenters. The average Bonchev–Trinajstić information content (AvgIpc) is 2.76. The van der Waals surface area contributed by atoms with Gasteiger partial charge in [0.25, 0.3) is 0 Å². The van der Waals surface area contributed by atoms with Gasteiger partial charge in [0.1, 0.15) is 23.7 Å². The molecule has 0 saturated heterocycles. The number of Topliss-reactive ketones (excluding diaryl/α,β-unsaturated/α-hetero) is 1. The number of benzene rings is 1. The highest BCUT2D eigenvalue weighted by atomic mass is 16.5. The average molecular weight is 245 g/mol. The van der Waals surface area contributed by atoms with Crippen LogP contribution < -0.4 is 4.74 Å². The summed E-state index contributed by atoms with van der Waals surface area (Å²) in [4.78, 5) is 15.7. The van der Waals surface area contributed by atoms with E-state index in [9.17, 15) is 4.79 Å². The normalized spacial score (nSPS) is 10.3. The molecule has 18 heavy (non-hydrogen) atoms. The molecule has 0 aliphatic carbocycles. The van der Waals surface area contributed by atoms with Gasteiger partial charge in [-0.3, -0.25) is 9.48 Å². The molecule has 0 aliphatic heterocycles. The van der Waals surface area contributed by atoms with E-state index in [0.717, 1.165) is 5.75 Å². The van der Waals surface area contributed by atoms with Crippen molar-refractivity contribution in [2.24, 2.45) is 7.05 Å². The molecular formula is C13H15N3O2. The summed E-state index contributed by atoms with van der Waals surface area (Å²) in [6.07, 6.45) is 2.12. The van der Waals surface area contributed by atoms with Gasteiger partial charge in [0.2, 0.25) is 0 Å². The largest absolute Gasteiger partial charge is 0.493 e. The molecule has 0 atom stereocenters. The number of hydrogen-bond donors (Lipinski definition) is 0. The highest BCUT2D eigenvalue weighted by Gasteiger charge is 2.08. The van der Waals surface area contributed by atoms with Crippen molar-refractivity contribution in [3.63, 3.8) is 0 Å². The van der Waals surface area contributed by atoms with Gasteiger partial charge in [-0.2, -0.15) is 5.10 Å². The van der Waals surface area contributed by atoms with Gasteiger partial charge in [-0.25, -0.2) is 4.98 Å². The maximum Gasteiger partial charge on any atom is 0.143 e. The summed E-state index contributed by atoms with van der Waals surface area (Å²) < 4.78 is 7.07. The standard InChI is InChI=1S/C13H15N3O2/c1-16-13(14-10-15-16)9-11(17)7-8-18-12-5-3-2-4-6-12/h2-6,10H,7-9H2,1H3. The van der Waals surface area contributed by atoms with Gasteiger partial charge in [0.05, 0.1) is 13.0 Å². The summed E-state index contributed by atoms with van der Waals surface area (Å²) in [5.41, 5.74) is 0. The fraction of sp³-hybridized carbons (Fsp3) is 0.308. The first-order valence-electron chi connectivity index (χ1n) is 5.78. The number of ether oxygens (including phenoxy) is 1. The number of aryl methyl sites for hydroxylation is 1. The topological polar surface area (TPSA) is 57.0 Å². The predicted octanol–water partition coefficient (Wildman–Crippen LogP) is 1.40. The molecule has 2 aromatic rings. The Morgan fingerprint density at radius 3 is 2.78 bits per heavy atom. The number of nitrogens with zero attached hydrogens (tertiary/aromatic N) is 3. The van der Waals surface area contributed by atoms with Crippen LogP contribution in [0, 0.1) is 0 Å². The fourth-order valence-corrected chi connectivity index (χ4v) is 1.54. The van der Waals surface area contributed by atoms with Crippen LogP contribution in [-0.2, 0) is 18.3 Å². The lowest BCUT2D eigenvalue weighted by Crippen LogP contribution is -2.12. The Morgan fingerprint density at radius 2 is 2.11 bits per heavy atom. The first kappa shape index (κ1) is 12.3. The van der Waals surface area contributed by atoms with Gasteiger partial charge in [-0.15, -0.1) is 0 Å². The first-order valence-corrected chi connectivity index (χ1v) is 5.78. The van der Waals surface area contributed by atoms with Gasteiger partial charge in [0.15, 0.2) is 0 Å². The maximum absolute atomic E-state index is 11.7. The summed E-state index contributed by atoms with van der Waals surface area (Å²) >= 11 is 0. The molecule has 0 fully saturated rings. The van der Waals surface area contributed by atoms with Crippen molar-refractivity contribution in [2.45, 2.75) is 12.8 Å². The molecular weight excluding hydrogens is 230 g/mol. The zero-order chi connectivity index (χ0) is 12.8. The fourth-order valence-electron chi connectivity index (χ4n) is 1.54. The molecule has 1 aromatic carbocycles. The van der Waals surface area contributed by atoms with Gasteiger partial charge in [-0.1, -0.05) is 18.2 Å². The number of aromatic nitrogens is 3. The summed E-state index contributed by atoms with van der Waals surface area (Å²) in [7, 11) is 1.77. The third-order valence-electron chi connectivity index (χ3n) is 2.55. The van der Waals surface area contributed by atoms with E-state index in [-0.39, 0.29) is 5.78 Å². The smallest absolute Gasteiger partial charge is 0.143 e. The monoisotopic (exact) mass is 245 g/mol. The second-order valence-electron chi connectivity index (χ2n) is 3.93. The third kappa shape index (κ3) is 3.41. The van der Waals surface area contributed by atoms with Crippen LogP contribution in [0.4, 0.5) is 0 Å². The van der Waals surface area contributed by atoms with Crippen molar-refractivity contribution in [1.29, 1.82) is 0 Å². The van der Waals surface area contributed by atoms with Crippen molar-refractivity contribution >= 4 is 5.78 Å². The van der Waals surface area contributed by atoms with E-state index in [2.05, 4.69) is 10.1 Å². The quantitative estimate of drug-likeness (QED) is 0.771. The Hall–Kier alpha value is -2.17. The third-order valence-corrected chi connectivity index (χ3v) is 2.55. The molecule has 5 nitrogen and oxygen atoms in total. The SMILES string of the molecule is Cn1ncnc1CC(=O)CCOc1ccccc1. The summed E-state index contributed by atoms with van der Waals surface area (Å²) in [6.45, 7) is 0.390. The van der Waals surface area contributed by atoms with Crippen LogP contribution >= 0.6 is 0 Å². The number of para-hydroxylation sites is 1. The van der Waals surface area contributed by atoms with Crippen LogP contribution in [-0.4, -0.2) is 27.2 Å². The van der Waals surface area contributed by atoms with Crippen molar-refractivity contribution in [2.75, 3.05) is 6.61 Å².